The topological polar surface area (TPSA) is 68.1 Å². The van der Waals surface area contributed by atoms with Crippen molar-refractivity contribution in [2.24, 2.45) is 0 Å². The summed E-state index contributed by atoms with van der Waals surface area (Å²) in [6, 6.07) is 19.6. The number of hydrogen-bond acceptors (Lipinski definition) is 4. The van der Waals surface area contributed by atoms with Gasteiger partial charge in [0, 0.05) is 31.6 Å². The molecular formula is C24H24N4O2. The van der Waals surface area contributed by atoms with Crippen LogP contribution in [0, 0.1) is 0 Å². The molecule has 1 fully saturated rings. The second-order valence-corrected chi connectivity index (χ2v) is 8.28. The zero-order valence-electron chi connectivity index (χ0n) is 16.8. The van der Waals surface area contributed by atoms with Gasteiger partial charge in [0.05, 0.1) is 5.41 Å². The SMILES string of the molecule is O=C(CCc1ccccc1)N1CCC2(CCn3c2nnc(-c2ccccc2)c3=O)C1. The van der Waals surface area contributed by atoms with E-state index in [-0.39, 0.29) is 16.9 Å². The molecule has 1 spiro atoms. The molecule has 2 aliphatic rings. The number of hydrogen-bond donors (Lipinski definition) is 0. The lowest BCUT2D eigenvalue weighted by Gasteiger charge is -2.23. The van der Waals surface area contributed by atoms with Crippen molar-refractivity contribution in [2.45, 2.75) is 37.6 Å². The van der Waals surface area contributed by atoms with Crippen molar-refractivity contribution in [1.29, 1.82) is 0 Å². The highest BCUT2D eigenvalue weighted by molar-refractivity contribution is 5.77. The third-order valence-electron chi connectivity index (χ3n) is 6.46. The number of carbonyl (C=O) groups excluding carboxylic acids is 1. The van der Waals surface area contributed by atoms with Crippen molar-refractivity contribution in [3.05, 3.63) is 82.4 Å². The van der Waals surface area contributed by atoms with Crippen molar-refractivity contribution in [3.8, 4) is 11.3 Å². The largest absolute Gasteiger partial charge is 0.342 e. The number of carbonyl (C=O) groups is 1. The van der Waals surface area contributed by atoms with E-state index in [4.69, 9.17) is 0 Å². The molecule has 2 aromatic carbocycles. The summed E-state index contributed by atoms with van der Waals surface area (Å²) < 4.78 is 1.77. The standard InChI is InChI=1S/C24H24N4O2/c29-20(12-11-18-7-3-1-4-8-18)27-15-13-24(17-27)14-16-28-22(30)21(25-26-23(24)28)19-9-5-2-6-10-19/h1-10H,11-17H2. The highest BCUT2D eigenvalue weighted by Crippen LogP contribution is 2.40. The second kappa shape index (κ2) is 7.52. The van der Waals surface area contributed by atoms with E-state index in [9.17, 15) is 9.59 Å². The van der Waals surface area contributed by atoms with Crippen LogP contribution in [0.1, 0.15) is 30.7 Å². The molecule has 152 valence electrons. The monoisotopic (exact) mass is 400 g/mol. The average Bonchev–Trinajstić information content (AvgIpc) is 3.39. The molecule has 30 heavy (non-hydrogen) atoms. The van der Waals surface area contributed by atoms with Crippen LogP contribution in [0.2, 0.25) is 0 Å². The zero-order valence-corrected chi connectivity index (χ0v) is 16.8. The van der Waals surface area contributed by atoms with Crippen LogP contribution in [-0.4, -0.2) is 38.7 Å². The summed E-state index contributed by atoms with van der Waals surface area (Å²) in [7, 11) is 0. The lowest BCUT2D eigenvalue weighted by molar-refractivity contribution is -0.130. The molecule has 6 heteroatoms. The van der Waals surface area contributed by atoms with E-state index in [1.807, 2.05) is 53.4 Å². The molecule has 0 radical (unpaired) electrons. The number of likely N-dealkylation sites (tertiary alicyclic amines) is 1. The first kappa shape index (κ1) is 18.7. The van der Waals surface area contributed by atoms with Crippen molar-refractivity contribution in [3.63, 3.8) is 0 Å². The molecular weight excluding hydrogens is 376 g/mol. The fourth-order valence-electron chi connectivity index (χ4n) is 4.76. The lowest BCUT2D eigenvalue weighted by Crippen LogP contribution is -2.35. The van der Waals surface area contributed by atoms with Gasteiger partial charge in [-0.2, -0.15) is 0 Å². The number of aryl methyl sites for hydroxylation is 1. The first-order valence-electron chi connectivity index (χ1n) is 10.5. The third-order valence-corrected chi connectivity index (χ3v) is 6.46. The van der Waals surface area contributed by atoms with E-state index in [0.717, 1.165) is 30.7 Å². The van der Waals surface area contributed by atoms with Crippen LogP contribution < -0.4 is 5.56 Å². The van der Waals surface area contributed by atoms with Gasteiger partial charge in [-0.15, -0.1) is 10.2 Å². The molecule has 1 atom stereocenters. The summed E-state index contributed by atoms with van der Waals surface area (Å²) >= 11 is 0. The Balaban J connectivity index is 1.34. The highest BCUT2D eigenvalue weighted by Gasteiger charge is 2.48. The number of fused-ring (bicyclic) bond motifs is 2. The van der Waals surface area contributed by atoms with Gasteiger partial charge in [0.1, 0.15) is 5.82 Å². The molecule has 1 aromatic heterocycles. The molecule has 0 aliphatic carbocycles. The molecule has 1 unspecified atom stereocenters. The molecule has 6 nitrogen and oxygen atoms in total. The van der Waals surface area contributed by atoms with Gasteiger partial charge in [0.15, 0.2) is 5.69 Å². The predicted octanol–water partition coefficient (Wildman–Crippen LogP) is 2.81. The summed E-state index contributed by atoms with van der Waals surface area (Å²) in [6.45, 7) is 1.97. The van der Waals surface area contributed by atoms with Crippen LogP contribution in [0.4, 0.5) is 0 Å². The van der Waals surface area contributed by atoms with Crippen LogP contribution >= 0.6 is 0 Å². The number of amides is 1. The minimum absolute atomic E-state index is 0.0862. The second-order valence-electron chi connectivity index (χ2n) is 8.28. The first-order valence-corrected chi connectivity index (χ1v) is 10.5. The van der Waals surface area contributed by atoms with E-state index in [2.05, 4.69) is 22.3 Å². The van der Waals surface area contributed by atoms with Crippen LogP contribution in [0.15, 0.2) is 65.5 Å². The van der Waals surface area contributed by atoms with Gasteiger partial charge >= 0.3 is 0 Å². The Labute approximate surface area is 175 Å². The quantitative estimate of drug-likeness (QED) is 0.675. The smallest absolute Gasteiger partial charge is 0.280 e. The van der Waals surface area contributed by atoms with Gasteiger partial charge in [-0.25, -0.2) is 0 Å². The highest BCUT2D eigenvalue weighted by atomic mass is 16.2. The van der Waals surface area contributed by atoms with Crippen molar-refractivity contribution in [1.82, 2.24) is 19.7 Å². The lowest BCUT2D eigenvalue weighted by atomic mass is 9.85. The average molecular weight is 400 g/mol. The van der Waals surface area contributed by atoms with E-state index >= 15 is 0 Å². The first-order chi connectivity index (χ1) is 14.7. The molecule has 1 saturated heterocycles. The molecule has 0 bridgehead atoms. The van der Waals surface area contributed by atoms with Gasteiger partial charge in [0.2, 0.25) is 5.91 Å². The maximum Gasteiger partial charge on any atom is 0.280 e. The normalized spacial score (nSPS) is 19.9. The van der Waals surface area contributed by atoms with Gasteiger partial charge in [-0.05, 0) is 24.8 Å². The van der Waals surface area contributed by atoms with Crippen LogP contribution in [0.3, 0.4) is 0 Å². The van der Waals surface area contributed by atoms with E-state index in [1.54, 1.807) is 4.57 Å². The van der Waals surface area contributed by atoms with Crippen LogP contribution in [0.25, 0.3) is 11.3 Å². The Morgan fingerprint density at radius 2 is 1.63 bits per heavy atom. The fourth-order valence-corrected chi connectivity index (χ4v) is 4.76. The predicted molar refractivity (Wildman–Crippen MR) is 114 cm³/mol. The van der Waals surface area contributed by atoms with Crippen molar-refractivity contribution >= 4 is 5.91 Å². The Hall–Kier alpha value is -3.28. The van der Waals surface area contributed by atoms with Crippen molar-refractivity contribution < 1.29 is 4.79 Å². The minimum Gasteiger partial charge on any atom is -0.342 e. The van der Waals surface area contributed by atoms with E-state index in [1.165, 1.54) is 5.56 Å². The Morgan fingerprint density at radius 3 is 2.40 bits per heavy atom. The molecule has 0 saturated carbocycles. The number of benzene rings is 2. The Bertz CT molecular complexity index is 1130. The fraction of sp³-hybridized carbons (Fsp3) is 0.333. The summed E-state index contributed by atoms with van der Waals surface area (Å²) in [5, 5.41) is 8.79. The molecule has 3 aromatic rings. The maximum absolute atomic E-state index is 13.1. The summed E-state index contributed by atoms with van der Waals surface area (Å²) in [6.07, 6.45) is 2.92. The number of nitrogens with zero attached hydrogens (tertiary/aromatic N) is 4. The summed E-state index contributed by atoms with van der Waals surface area (Å²) in [5.41, 5.74) is 2.03. The van der Waals surface area contributed by atoms with Crippen LogP contribution in [0.5, 0.6) is 0 Å². The maximum atomic E-state index is 13.1. The minimum atomic E-state index is -0.246. The van der Waals surface area contributed by atoms with Gasteiger partial charge in [-0.1, -0.05) is 60.7 Å². The molecule has 5 rings (SSSR count). The molecule has 3 heterocycles. The van der Waals surface area contributed by atoms with Gasteiger partial charge in [-0.3, -0.25) is 14.2 Å². The summed E-state index contributed by atoms with van der Waals surface area (Å²) in [4.78, 5) is 27.8. The van der Waals surface area contributed by atoms with Crippen LogP contribution in [-0.2, 0) is 23.2 Å². The number of rotatable bonds is 4. The third kappa shape index (κ3) is 3.22. The number of aromatic nitrogens is 3. The zero-order chi connectivity index (χ0) is 20.6. The van der Waals surface area contributed by atoms with Crippen molar-refractivity contribution in [2.75, 3.05) is 13.1 Å². The molecule has 0 N–H and O–H groups in total. The van der Waals surface area contributed by atoms with Gasteiger partial charge in [0.25, 0.3) is 5.56 Å². The Morgan fingerprint density at radius 1 is 0.933 bits per heavy atom. The van der Waals surface area contributed by atoms with Gasteiger partial charge < -0.3 is 4.90 Å². The Kier molecular flexibility index (Phi) is 4.69. The van der Waals surface area contributed by atoms with E-state index < -0.39 is 0 Å². The van der Waals surface area contributed by atoms with E-state index in [0.29, 0.717) is 31.7 Å². The molecule has 2 aliphatic heterocycles. The molecule has 1 amide bonds. The summed E-state index contributed by atoms with van der Waals surface area (Å²) in [5.74, 6) is 0.913.